The van der Waals surface area contributed by atoms with Crippen LogP contribution in [0.15, 0.2) is 40.3 Å². The number of H-pyrrole nitrogens is 1. The second kappa shape index (κ2) is 10.4. The Morgan fingerprint density at radius 1 is 1.41 bits per heavy atom. The van der Waals surface area contributed by atoms with Gasteiger partial charge in [0, 0.05) is 11.7 Å². The fraction of sp³-hybridized carbons (Fsp3) is 0.154. The number of rotatable bonds is 3. The third-order valence-corrected chi connectivity index (χ3v) is 2.94. The molecule has 6 nitrogen and oxygen atoms in total. The number of carboxylic acids is 1. The van der Waals surface area contributed by atoms with Gasteiger partial charge in [0.1, 0.15) is 5.82 Å². The van der Waals surface area contributed by atoms with E-state index < -0.39 is 11.5 Å². The molecule has 0 unspecified atom stereocenters. The Hall–Kier alpha value is -1.35. The average molecular weight is 334 g/mol. The number of aliphatic carboxylic acids is 1. The maximum atomic E-state index is 12.7. The van der Waals surface area contributed by atoms with Crippen LogP contribution in [0.4, 0.5) is 4.39 Å². The molecule has 1 heterocycles. The molecule has 0 atom stereocenters. The number of nitrogens with one attached hydrogen (secondary N) is 1. The maximum absolute atomic E-state index is 12.7. The Morgan fingerprint density at radius 3 is 2.45 bits per heavy atom. The molecular weight excluding hydrogens is 322 g/mol. The van der Waals surface area contributed by atoms with Crippen molar-refractivity contribution in [2.75, 3.05) is 0 Å². The van der Waals surface area contributed by atoms with E-state index in [1.165, 1.54) is 23.9 Å². The van der Waals surface area contributed by atoms with Gasteiger partial charge in [-0.2, -0.15) is 4.98 Å². The van der Waals surface area contributed by atoms with Crippen LogP contribution >= 0.6 is 11.8 Å². The molecule has 1 aromatic heterocycles. The first-order chi connectivity index (χ1) is 9.86. The van der Waals surface area contributed by atoms with Gasteiger partial charge in [-0.05, 0) is 24.6 Å². The van der Waals surface area contributed by atoms with Crippen LogP contribution in [0.25, 0.3) is 0 Å². The Labute approximate surface area is 152 Å². The Balaban J connectivity index is 0.000000791. The van der Waals surface area contributed by atoms with Crippen molar-refractivity contribution in [2.45, 2.75) is 17.8 Å². The molecule has 0 amide bonds. The molecule has 0 aliphatic carbocycles. The summed E-state index contributed by atoms with van der Waals surface area (Å²) in [6, 6.07) is 7.05. The minimum atomic E-state index is -1.08. The zero-order chi connectivity index (χ0) is 15.8. The van der Waals surface area contributed by atoms with Crippen molar-refractivity contribution in [3.63, 3.8) is 0 Å². The van der Waals surface area contributed by atoms with Crippen molar-refractivity contribution in [2.24, 2.45) is 0 Å². The van der Waals surface area contributed by atoms with E-state index in [0.717, 1.165) is 18.6 Å². The first kappa shape index (κ1) is 20.6. The normalized spacial score (nSPS) is 9.18. The first-order valence-corrected chi connectivity index (χ1v) is 6.70. The summed E-state index contributed by atoms with van der Waals surface area (Å²) in [5.74, 6) is -1.15. The molecule has 0 aliphatic rings. The number of carbonyl (C=O) groups is 1. The van der Waals surface area contributed by atoms with Crippen LogP contribution in [0, 0.1) is 5.82 Å². The summed E-state index contributed by atoms with van der Waals surface area (Å²) in [6.07, 6.45) is 0. The third-order valence-electron chi connectivity index (χ3n) is 2.00. The second-order valence-corrected chi connectivity index (χ2v) is 4.78. The zero-order valence-corrected chi connectivity index (χ0v) is 14.8. The van der Waals surface area contributed by atoms with Crippen molar-refractivity contribution in [1.29, 1.82) is 0 Å². The van der Waals surface area contributed by atoms with Crippen LogP contribution < -0.4 is 40.2 Å². The fourth-order valence-corrected chi connectivity index (χ4v) is 2.05. The number of hydrogen-bond acceptors (Lipinski definition) is 6. The van der Waals surface area contributed by atoms with Crippen LogP contribution in [0.1, 0.15) is 12.5 Å². The van der Waals surface area contributed by atoms with Crippen molar-refractivity contribution in [3.8, 4) is 5.88 Å². The van der Waals surface area contributed by atoms with Crippen LogP contribution in [-0.2, 0) is 10.5 Å². The fourth-order valence-electron chi connectivity index (χ4n) is 1.22. The molecule has 0 saturated carbocycles. The summed E-state index contributed by atoms with van der Waals surface area (Å²) in [5, 5.41) is 18.4. The number of thioether (sulfide) groups is 1. The third kappa shape index (κ3) is 8.83. The van der Waals surface area contributed by atoms with Gasteiger partial charge in [-0.1, -0.05) is 23.9 Å². The number of halogens is 1. The van der Waals surface area contributed by atoms with E-state index in [1.807, 2.05) is 0 Å². The van der Waals surface area contributed by atoms with E-state index in [2.05, 4.69) is 9.97 Å². The summed E-state index contributed by atoms with van der Waals surface area (Å²) in [5.41, 5.74) is 0.501. The van der Waals surface area contributed by atoms with Crippen molar-refractivity contribution in [1.82, 2.24) is 9.97 Å². The number of aromatic nitrogens is 2. The van der Waals surface area contributed by atoms with Crippen molar-refractivity contribution in [3.05, 3.63) is 52.1 Å². The molecule has 0 aliphatic heterocycles. The molecule has 0 saturated heterocycles. The summed E-state index contributed by atoms with van der Waals surface area (Å²) in [6.45, 7) is 0.972. The number of hydrogen-bond donors (Lipinski definition) is 2. The van der Waals surface area contributed by atoms with E-state index >= 15 is 0 Å². The van der Waals surface area contributed by atoms with E-state index in [4.69, 9.17) is 15.0 Å². The monoisotopic (exact) mass is 334 g/mol. The van der Waals surface area contributed by atoms with Crippen LogP contribution in [-0.4, -0.2) is 21.0 Å². The minimum absolute atomic E-state index is 0. The van der Waals surface area contributed by atoms with Crippen molar-refractivity contribution < 1.29 is 49.0 Å². The van der Waals surface area contributed by atoms with Gasteiger partial charge >= 0.3 is 29.6 Å². The Kier molecular flexibility index (Phi) is 9.75. The molecule has 22 heavy (non-hydrogen) atoms. The molecule has 112 valence electrons. The Morgan fingerprint density at radius 2 is 1.95 bits per heavy atom. The predicted octanol–water partition coefficient (Wildman–Crippen LogP) is -2.33. The smallest absolute Gasteiger partial charge is 0.550 e. The van der Waals surface area contributed by atoms with Gasteiger partial charge in [-0.15, -0.1) is 0 Å². The summed E-state index contributed by atoms with van der Waals surface area (Å²) < 4.78 is 12.7. The minimum Gasteiger partial charge on any atom is -0.550 e. The van der Waals surface area contributed by atoms with Crippen molar-refractivity contribution >= 4 is 17.7 Å². The average Bonchev–Trinajstić information content (AvgIpc) is 2.36. The zero-order valence-electron chi connectivity index (χ0n) is 12.0. The van der Waals surface area contributed by atoms with Gasteiger partial charge in [0.2, 0.25) is 5.88 Å². The summed E-state index contributed by atoms with van der Waals surface area (Å²) >= 11 is 1.26. The maximum Gasteiger partial charge on any atom is 1.00 e. The molecule has 2 rings (SSSR count). The van der Waals surface area contributed by atoms with Gasteiger partial charge < -0.3 is 20.0 Å². The largest absolute Gasteiger partial charge is 1.00 e. The van der Waals surface area contributed by atoms with Gasteiger partial charge in [0.25, 0.3) is 5.56 Å². The topological polar surface area (TPSA) is 106 Å². The predicted molar refractivity (Wildman–Crippen MR) is 73.2 cm³/mol. The Bertz CT molecular complexity index is 660. The van der Waals surface area contributed by atoms with E-state index in [9.17, 15) is 9.18 Å². The first-order valence-electron chi connectivity index (χ1n) is 5.72. The van der Waals surface area contributed by atoms with Crippen LogP contribution in [0.3, 0.4) is 0 Å². The number of carbonyl (C=O) groups excluding carboxylic acids is 1. The molecule has 0 fully saturated rings. The van der Waals surface area contributed by atoms with Gasteiger partial charge in [-0.25, -0.2) is 4.39 Å². The SMILES string of the molecule is CC(=O)[O-].O=c1cc(O)nc(SCc2ccc(F)cc2)[nH]1.[Na+]. The molecule has 9 heteroatoms. The van der Waals surface area contributed by atoms with E-state index in [-0.39, 0.29) is 41.3 Å². The quantitative estimate of drug-likeness (QED) is 0.370. The molecule has 0 spiro atoms. The molecule has 1 aromatic carbocycles. The van der Waals surface area contributed by atoms with E-state index in [1.54, 1.807) is 12.1 Å². The number of aromatic hydroxyl groups is 1. The number of carboxylic acid groups (broad SMARTS) is 1. The summed E-state index contributed by atoms with van der Waals surface area (Å²) in [4.78, 5) is 26.2. The second-order valence-electron chi connectivity index (χ2n) is 3.82. The number of aromatic amines is 1. The molecule has 0 radical (unpaired) electrons. The number of nitrogens with zero attached hydrogens (tertiary/aromatic N) is 1. The standard InChI is InChI=1S/C11H9FN2O2S.C2H4O2.Na/c12-8-3-1-7(2-4-8)6-17-11-13-9(15)5-10(16)14-11;1-2(3)4;/h1-5H,6H2,(H2,13,14,15,16);1H3,(H,3,4);/q;;+1/p-1. The van der Waals surface area contributed by atoms with Gasteiger partial charge in [0.05, 0.1) is 6.07 Å². The van der Waals surface area contributed by atoms with Crippen LogP contribution in [0.5, 0.6) is 5.88 Å². The molecular formula is C13H12FN2NaO4S. The van der Waals surface area contributed by atoms with Gasteiger partial charge in [-0.3, -0.25) is 4.79 Å². The number of benzene rings is 1. The van der Waals surface area contributed by atoms with Crippen LogP contribution in [0.2, 0.25) is 0 Å². The van der Waals surface area contributed by atoms with Gasteiger partial charge in [0.15, 0.2) is 5.16 Å². The molecule has 0 bridgehead atoms. The molecule has 2 aromatic rings. The summed E-state index contributed by atoms with van der Waals surface area (Å²) in [7, 11) is 0. The van der Waals surface area contributed by atoms with E-state index in [0.29, 0.717) is 10.9 Å². The molecule has 2 N–H and O–H groups in total.